The van der Waals surface area contributed by atoms with Crippen LogP contribution in [0.15, 0.2) is 41.4 Å². The molecule has 2 bridgehead atoms. The summed E-state index contributed by atoms with van der Waals surface area (Å²) in [4.78, 5) is 19.3. The number of piperidine rings is 1. The molecule has 3 N–H and O–H groups in total. The number of carbonyl (C=O) groups excluding carboxylic acids is 1. The van der Waals surface area contributed by atoms with Crippen LogP contribution in [0.3, 0.4) is 0 Å². The van der Waals surface area contributed by atoms with Crippen molar-refractivity contribution in [2.45, 2.75) is 61.4 Å². The van der Waals surface area contributed by atoms with Crippen LogP contribution in [0.1, 0.15) is 42.9 Å². The van der Waals surface area contributed by atoms with E-state index in [1.807, 2.05) is 18.2 Å². The number of anilines is 1. The van der Waals surface area contributed by atoms with Crippen LogP contribution in [0.4, 0.5) is 10.1 Å². The largest absolute Gasteiger partial charge is 0.497 e. The normalized spacial score (nSPS) is 23.8. The van der Waals surface area contributed by atoms with Gasteiger partial charge in [-0.25, -0.2) is 4.39 Å². The van der Waals surface area contributed by atoms with Crippen LogP contribution < -0.4 is 15.4 Å². The molecule has 10 heteroatoms. The van der Waals surface area contributed by atoms with Gasteiger partial charge in [0.25, 0.3) is 0 Å². The Bertz CT molecular complexity index is 1380. The molecule has 4 heterocycles. The number of halogens is 2. The average molecular weight is 557 g/mol. The summed E-state index contributed by atoms with van der Waals surface area (Å²) in [6.45, 7) is 0.905. The van der Waals surface area contributed by atoms with Gasteiger partial charge >= 0.3 is 0 Å². The molecule has 3 aliphatic rings. The topological polar surface area (TPSA) is 86.7 Å². The number of fused-ring (bicyclic) bond motifs is 4. The Balaban J connectivity index is 1.12. The van der Waals surface area contributed by atoms with Crippen LogP contribution in [0.2, 0.25) is 5.02 Å². The number of hydrogen-bond acceptors (Lipinski definition) is 7. The predicted molar refractivity (Wildman–Crippen MR) is 147 cm³/mol. The lowest BCUT2D eigenvalue weighted by atomic mass is 9.95. The Morgan fingerprint density at radius 1 is 1.29 bits per heavy atom. The van der Waals surface area contributed by atoms with E-state index in [-0.39, 0.29) is 17.8 Å². The van der Waals surface area contributed by atoms with Crippen LogP contribution >= 0.6 is 23.4 Å². The third-order valence-corrected chi connectivity index (χ3v) is 9.39. The number of methoxy groups -OCH3 is 1. The smallest absolute Gasteiger partial charge is 0.234 e. The Morgan fingerprint density at radius 3 is 2.84 bits per heavy atom. The van der Waals surface area contributed by atoms with E-state index in [2.05, 4.69) is 20.5 Å². The van der Waals surface area contributed by atoms with Gasteiger partial charge in [-0.2, -0.15) is 0 Å². The van der Waals surface area contributed by atoms with Crippen molar-refractivity contribution < 1.29 is 19.0 Å². The van der Waals surface area contributed by atoms with Gasteiger partial charge in [-0.15, -0.1) is 11.8 Å². The number of aliphatic hydroxyl groups is 1. The van der Waals surface area contributed by atoms with Crippen molar-refractivity contribution in [1.29, 1.82) is 0 Å². The minimum absolute atomic E-state index is 0.0562. The highest BCUT2D eigenvalue weighted by Gasteiger charge is 2.41. The second-order valence-electron chi connectivity index (χ2n) is 10.3. The summed E-state index contributed by atoms with van der Waals surface area (Å²) < 4.78 is 20.1. The van der Waals surface area contributed by atoms with Crippen molar-refractivity contribution in [2.75, 3.05) is 24.7 Å². The summed E-state index contributed by atoms with van der Waals surface area (Å²) in [6.07, 6.45) is 4.85. The van der Waals surface area contributed by atoms with E-state index < -0.39 is 6.10 Å². The maximum absolute atomic E-state index is 14.7. The average Bonchev–Trinajstić information content (AvgIpc) is 3.13. The monoisotopic (exact) mass is 556 g/mol. The second kappa shape index (κ2) is 10.6. The van der Waals surface area contributed by atoms with Gasteiger partial charge in [0.05, 0.1) is 35.2 Å². The number of ether oxygens (including phenoxy) is 1. The van der Waals surface area contributed by atoms with Crippen molar-refractivity contribution >= 4 is 45.9 Å². The number of rotatable bonds is 7. The van der Waals surface area contributed by atoms with Gasteiger partial charge in [0, 0.05) is 58.8 Å². The van der Waals surface area contributed by atoms with E-state index in [9.17, 15) is 14.3 Å². The lowest BCUT2D eigenvalue weighted by Gasteiger charge is -2.40. The van der Waals surface area contributed by atoms with Gasteiger partial charge < -0.3 is 20.5 Å². The summed E-state index contributed by atoms with van der Waals surface area (Å²) in [6, 6.07) is 9.81. The van der Waals surface area contributed by atoms with Crippen LogP contribution in [0.25, 0.3) is 10.9 Å². The highest BCUT2D eigenvalue weighted by Crippen LogP contribution is 2.40. The molecule has 1 amide bonds. The SMILES string of the molecule is COc1ccc2ncc(Cl)c(C(O)CN3C4CCC3CC(NCc3cc5c(cc3F)SCC(=O)N5)C4)c2c1. The predicted octanol–water partition coefficient (Wildman–Crippen LogP) is 4.90. The number of nitrogens with one attached hydrogen (secondary N) is 2. The first-order valence-electron chi connectivity index (χ1n) is 12.9. The zero-order valence-electron chi connectivity index (χ0n) is 21.0. The molecule has 3 aliphatic heterocycles. The van der Waals surface area contributed by atoms with E-state index in [1.54, 1.807) is 19.4 Å². The lowest BCUT2D eigenvalue weighted by molar-refractivity contribution is -0.113. The van der Waals surface area contributed by atoms with Crippen molar-refractivity contribution in [2.24, 2.45) is 0 Å². The van der Waals surface area contributed by atoms with Crippen molar-refractivity contribution in [3.8, 4) is 5.75 Å². The summed E-state index contributed by atoms with van der Waals surface area (Å²) in [5.74, 6) is 0.706. The molecule has 38 heavy (non-hydrogen) atoms. The van der Waals surface area contributed by atoms with Crippen LogP contribution in [-0.4, -0.2) is 58.4 Å². The minimum atomic E-state index is -0.759. The number of pyridine rings is 1. The molecule has 200 valence electrons. The third kappa shape index (κ3) is 4.98. The van der Waals surface area contributed by atoms with Crippen molar-refractivity contribution in [3.63, 3.8) is 0 Å². The zero-order valence-corrected chi connectivity index (χ0v) is 22.6. The number of nitrogens with zero attached hydrogens (tertiary/aromatic N) is 2. The fourth-order valence-corrected chi connectivity index (χ4v) is 7.29. The lowest BCUT2D eigenvalue weighted by Crippen LogP contribution is -2.50. The van der Waals surface area contributed by atoms with Crippen LogP contribution in [-0.2, 0) is 11.3 Å². The summed E-state index contributed by atoms with van der Waals surface area (Å²) in [5, 5.41) is 19.0. The molecule has 0 saturated carbocycles. The highest BCUT2D eigenvalue weighted by molar-refractivity contribution is 8.00. The number of amides is 1. The van der Waals surface area contributed by atoms with E-state index in [4.69, 9.17) is 16.3 Å². The standard InChI is InChI=1S/C28H30ClFN4O3S/c1-37-19-4-5-23-20(9-19)28(21(29)12-32-23)25(35)13-34-17-2-3-18(34)8-16(7-17)31-11-15-6-24-26(10-22(15)30)38-14-27(36)33-24/h4-6,9-10,12,16-18,25,31,35H,2-3,7-8,11,13-14H2,1H3,(H,33,36). The fourth-order valence-electron chi connectivity index (χ4n) is 6.20. The fraction of sp³-hybridized carbons (Fsp3) is 0.429. The third-order valence-electron chi connectivity index (χ3n) is 8.03. The Kier molecular flexibility index (Phi) is 7.22. The molecule has 7 nitrogen and oxygen atoms in total. The summed E-state index contributed by atoms with van der Waals surface area (Å²) >= 11 is 7.91. The molecule has 2 fully saturated rings. The van der Waals surface area contributed by atoms with E-state index in [0.29, 0.717) is 58.5 Å². The maximum atomic E-state index is 14.7. The molecule has 6 rings (SSSR count). The number of aliphatic hydroxyl groups excluding tert-OH is 1. The minimum Gasteiger partial charge on any atom is -0.497 e. The summed E-state index contributed by atoms with van der Waals surface area (Å²) in [7, 11) is 1.61. The highest BCUT2D eigenvalue weighted by atomic mass is 35.5. The van der Waals surface area contributed by atoms with Gasteiger partial charge in [-0.1, -0.05) is 11.6 Å². The molecule has 0 radical (unpaired) electrons. The van der Waals surface area contributed by atoms with Crippen molar-refractivity contribution in [1.82, 2.24) is 15.2 Å². The molecule has 3 atom stereocenters. The first-order chi connectivity index (χ1) is 18.4. The van der Waals surface area contributed by atoms with Gasteiger partial charge in [-0.3, -0.25) is 14.7 Å². The molecule has 1 aromatic heterocycles. The summed E-state index contributed by atoms with van der Waals surface area (Å²) in [5.41, 5.74) is 2.70. The number of hydrogen-bond donors (Lipinski definition) is 3. The van der Waals surface area contributed by atoms with Crippen molar-refractivity contribution in [3.05, 3.63) is 58.5 Å². The first-order valence-corrected chi connectivity index (χ1v) is 14.3. The number of thioether (sulfide) groups is 1. The van der Waals surface area contributed by atoms with E-state index in [0.717, 1.165) is 41.5 Å². The molecular weight excluding hydrogens is 527 g/mol. The van der Waals surface area contributed by atoms with Gasteiger partial charge in [0.15, 0.2) is 0 Å². The molecule has 3 unspecified atom stereocenters. The van der Waals surface area contributed by atoms with Crippen LogP contribution in [0, 0.1) is 5.82 Å². The van der Waals surface area contributed by atoms with Crippen LogP contribution in [0.5, 0.6) is 5.75 Å². The van der Waals surface area contributed by atoms with E-state index in [1.165, 1.54) is 17.8 Å². The second-order valence-corrected chi connectivity index (χ2v) is 11.8. The number of aromatic nitrogens is 1. The van der Waals surface area contributed by atoms with Gasteiger partial charge in [0.1, 0.15) is 11.6 Å². The molecule has 2 aromatic carbocycles. The molecular formula is C28H30ClFN4O3S. The Morgan fingerprint density at radius 2 is 2.08 bits per heavy atom. The molecule has 2 saturated heterocycles. The maximum Gasteiger partial charge on any atom is 0.234 e. The number of carbonyl (C=O) groups is 1. The quantitative estimate of drug-likeness (QED) is 0.381. The molecule has 3 aromatic rings. The number of benzene rings is 2. The van der Waals surface area contributed by atoms with Gasteiger partial charge in [0.2, 0.25) is 5.91 Å². The van der Waals surface area contributed by atoms with Gasteiger partial charge in [-0.05, 0) is 56.0 Å². The Hall–Kier alpha value is -2.43. The molecule has 0 spiro atoms. The zero-order chi connectivity index (χ0) is 26.4. The molecule has 0 aliphatic carbocycles. The Labute approximate surface area is 230 Å². The van der Waals surface area contributed by atoms with E-state index >= 15 is 0 Å². The first kappa shape index (κ1) is 25.8.